The van der Waals surface area contributed by atoms with E-state index < -0.39 is 12.1 Å². The third kappa shape index (κ3) is 3.25. The summed E-state index contributed by atoms with van der Waals surface area (Å²) in [5.41, 5.74) is 4.58. The zero-order chi connectivity index (χ0) is 21.0. The summed E-state index contributed by atoms with van der Waals surface area (Å²) >= 11 is 0. The van der Waals surface area contributed by atoms with Crippen molar-refractivity contribution in [2.75, 3.05) is 0 Å². The van der Waals surface area contributed by atoms with Gasteiger partial charge < -0.3 is 14.7 Å². The summed E-state index contributed by atoms with van der Waals surface area (Å²) in [7, 11) is 0. The Balaban J connectivity index is 1.72. The third-order valence-electron chi connectivity index (χ3n) is 6.20. The second-order valence-corrected chi connectivity index (χ2v) is 9.04. The van der Waals surface area contributed by atoms with E-state index >= 15 is 0 Å². The normalized spacial score (nSPS) is 19.6. The molecule has 29 heavy (non-hydrogen) atoms. The van der Waals surface area contributed by atoms with Gasteiger partial charge in [0.1, 0.15) is 5.69 Å². The molecule has 1 atom stereocenters. The van der Waals surface area contributed by atoms with Crippen molar-refractivity contribution in [2.24, 2.45) is 0 Å². The van der Waals surface area contributed by atoms with Gasteiger partial charge in [-0.3, -0.25) is 0 Å². The highest BCUT2D eigenvalue weighted by Crippen LogP contribution is 2.47. The molecular weight excluding hydrogens is 366 g/mol. The van der Waals surface area contributed by atoms with E-state index in [1.165, 1.54) is 5.56 Å². The molecule has 1 unspecified atom stereocenters. The Bertz CT molecular complexity index is 1080. The lowest BCUT2D eigenvalue weighted by atomic mass is 9.61. The topological polar surface area (TPSA) is 83.6 Å². The molecule has 4 rings (SSSR count). The molecule has 150 valence electrons. The standard InChI is InChI=1S/C24H25NO4/c1-23(2)13-21(26)24(3,4)18-11-16(9-10-17(18)23)19-12-20(29-25-19)14-5-7-15(8-6-14)22(27)28/h5-12,21,26H,13H2,1-4H3,(H,27,28). The molecule has 0 amide bonds. The Labute approximate surface area is 170 Å². The molecule has 0 bridgehead atoms. The zero-order valence-electron chi connectivity index (χ0n) is 17.1. The predicted octanol–water partition coefficient (Wildman–Crippen LogP) is 5.03. The molecule has 5 heteroatoms. The number of carbonyl (C=O) groups is 1. The molecule has 0 aliphatic heterocycles. The number of benzene rings is 2. The summed E-state index contributed by atoms with van der Waals surface area (Å²) in [5, 5.41) is 24.0. The van der Waals surface area contributed by atoms with E-state index in [1.54, 1.807) is 24.3 Å². The first-order valence-electron chi connectivity index (χ1n) is 9.73. The van der Waals surface area contributed by atoms with Crippen molar-refractivity contribution in [3.63, 3.8) is 0 Å². The molecule has 0 radical (unpaired) electrons. The second kappa shape index (κ2) is 6.56. The summed E-state index contributed by atoms with van der Waals surface area (Å²) in [6.45, 7) is 8.49. The lowest BCUT2D eigenvalue weighted by Gasteiger charge is -2.45. The molecule has 2 aromatic carbocycles. The Morgan fingerprint density at radius 2 is 1.66 bits per heavy atom. The van der Waals surface area contributed by atoms with Gasteiger partial charge in [-0.25, -0.2) is 4.79 Å². The summed E-state index contributed by atoms with van der Waals surface area (Å²) in [5.74, 6) is -0.383. The number of aromatic nitrogens is 1. The minimum atomic E-state index is -0.961. The Hall–Kier alpha value is -2.92. The van der Waals surface area contributed by atoms with Crippen LogP contribution in [0.25, 0.3) is 22.6 Å². The summed E-state index contributed by atoms with van der Waals surface area (Å²) < 4.78 is 5.52. The molecule has 1 heterocycles. The van der Waals surface area contributed by atoms with E-state index in [0.717, 1.165) is 23.1 Å². The maximum atomic E-state index is 11.0. The van der Waals surface area contributed by atoms with Crippen LogP contribution in [0, 0.1) is 0 Å². The quantitative estimate of drug-likeness (QED) is 0.654. The largest absolute Gasteiger partial charge is 0.478 e. The Morgan fingerprint density at radius 1 is 1.00 bits per heavy atom. The Morgan fingerprint density at radius 3 is 2.31 bits per heavy atom. The highest BCUT2D eigenvalue weighted by Gasteiger charge is 2.43. The van der Waals surface area contributed by atoms with Crippen molar-refractivity contribution in [1.29, 1.82) is 0 Å². The Kier molecular flexibility index (Phi) is 4.39. The maximum absolute atomic E-state index is 11.0. The third-order valence-corrected chi connectivity index (χ3v) is 6.20. The molecular formula is C24H25NO4. The van der Waals surface area contributed by atoms with Gasteiger partial charge in [-0.2, -0.15) is 0 Å². The van der Waals surface area contributed by atoms with Crippen LogP contribution in [0.2, 0.25) is 0 Å². The fraction of sp³-hybridized carbons (Fsp3) is 0.333. The summed E-state index contributed by atoms with van der Waals surface area (Å²) in [6.07, 6.45) is 0.313. The minimum Gasteiger partial charge on any atom is -0.478 e. The van der Waals surface area contributed by atoms with Crippen molar-refractivity contribution >= 4 is 5.97 Å². The monoisotopic (exact) mass is 391 g/mol. The first-order valence-corrected chi connectivity index (χ1v) is 9.73. The van der Waals surface area contributed by atoms with Gasteiger partial charge in [0.2, 0.25) is 0 Å². The second-order valence-electron chi connectivity index (χ2n) is 9.04. The number of nitrogens with zero attached hydrogens (tertiary/aromatic N) is 1. The molecule has 2 N–H and O–H groups in total. The highest BCUT2D eigenvalue weighted by molar-refractivity contribution is 5.88. The van der Waals surface area contributed by atoms with Crippen LogP contribution >= 0.6 is 0 Å². The number of hydrogen-bond acceptors (Lipinski definition) is 4. The zero-order valence-corrected chi connectivity index (χ0v) is 17.1. The van der Waals surface area contributed by atoms with Crippen molar-refractivity contribution < 1.29 is 19.5 Å². The SMILES string of the molecule is CC1(C)CC(O)C(C)(C)c2cc(-c3cc(-c4ccc(C(=O)O)cc4)on3)ccc21. The van der Waals surface area contributed by atoms with Gasteiger partial charge in [0.05, 0.1) is 11.7 Å². The van der Waals surface area contributed by atoms with Gasteiger partial charge in [-0.1, -0.05) is 57.1 Å². The highest BCUT2D eigenvalue weighted by atomic mass is 16.5. The lowest BCUT2D eigenvalue weighted by Crippen LogP contribution is -2.45. The van der Waals surface area contributed by atoms with Crippen LogP contribution in [0.1, 0.15) is 55.6 Å². The molecule has 0 spiro atoms. The number of carboxylic acids is 1. The van der Waals surface area contributed by atoms with Gasteiger partial charge in [-0.15, -0.1) is 0 Å². The lowest BCUT2D eigenvalue weighted by molar-refractivity contribution is 0.0583. The number of aliphatic hydroxyl groups excluding tert-OH is 1. The molecule has 0 saturated heterocycles. The molecule has 5 nitrogen and oxygen atoms in total. The van der Waals surface area contributed by atoms with Gasteiger partial charge in [-0.05, 0) is 41.2 Å². The van der Waals surface area contributed by atoms with Crippen LogP contribution in [0.4, 0.5) is 0 Å². The number of aliphatic hydroxyl groups is 1. The van der Waals surface area contributed by atoms with Gasteiger partial charge in [0.15, 0.2) is 5.76 Å². The van der Waals surface area contributed by atoms with E-state index in [-0.39, 0.29) is 16.4 Å². The van der Waals surface area contributed by atoms with Crippen LogP contribution in [0.15, 0.2) is 53.1 Å². The van der Waals surface area contributed by atoms with E-state index in [2.05, 4.69) is 45.0 Å². The molecule has 0 fully saturated rings. The first-order chi connectivity index (χ1) is 13.6. The number of hydrogen-bond donors (Lipinski definition) is 2. The summed E-state index contributed by atoms with van der Waals surface area (Å²) in [4.78, 5) is 11.0. The van der Waals surface area contributed by atoms with Crippen molar-refractivity contribution in [3.05, 3.63) is 65.2 Å². The van der Waals surface area contributed by atoms with Crippen molar-refractivity contribution in [1.82, 2.24) is 5.16 Å². The summed E-state index contributed by atoms with van der Waals surface area (Å²) in [6, 6.07) is 14.7. The smallest absolute Gasteiger partial charge is 0.335 e. The average Bonchev–Trinajstić information content (AvgIpc) is 3.16. The van der Waals surface area contributed by atoms with E-state index in [9.17, 15) is 9.90 Å². The van der Waals surface area contributed by atoms with Gasteiger partial charge >= 0.3 is 5.97 Å². The molecule has 3 aromatic rings. The van der Waals surface area contributed by atoms with Crippen LogP contribution in [-0.2, 0) is 10.8 Å². The average molecular weight is 391 g/mol. The van der Waals surface area contributed by atoms with Crippen LogP contribution in [0.5, 0.6) is 0 Å². The van der Waals surface area contributed by atoms with Crippen molar-refractivity contribution in [2.45, 2.75) is 51.0 Å². The molecule has 1 aliphatic carbocycles. The predicted molar refractivity (Wildman–Crippen MR) is 111 cm³/mol. The first kappa shape index (κ1) is 19.4. The fourth-order valence-corrected chi connectivity index (χ4v) is 4.18. The number of aromatic carboxylic acids is 1. The van der Waals surface area contributed by atoms with Crippen LogP contribution in [0.3, 0.4) is 0 Å². The number of fused-ring (bicyclic) bond motifs is 1. The molecule has 1 aliphatic rings. The van der Waals surface area contributed by atoms with Gasteiger partial charge in [0, 0.05) is 22.6 Å². The van der Waals surface area contributed by atoms with Crippen LogP contribution < -0.4 is 0 Å². The van der Waals surface area contributed by atoms with Crippen molar-refractivity contribution in [3.8, 4) is 22.6 Å². The van der Waals surface area contributed by atoms with Crippen LogP contribution in [-0.4, -0.2) is 27.4 Å². The number of carboxylic acid groups (broad SMARTS) is 1. The van der Waals surface area contributed by atoms with E-state index in [0.29, 0.717) is 11.5 Å². The molecule has 1 aromatic heterocycles. The number of rotatable bonds is 3. The van der Waals surface area contributed by atoms with Gasteiger partial charge in [0.25, 0.3) is 0 Å². The minimum absolute atomic E-state index is 0.0936. The molecule has 0 saturated carbocycles. The van der Waals surface area contributed by atoms with E-state index in [4.69, 9.17) is 9.63 Å². The fourth-order valence-electron chi connectivity index (χ4n) is 4.18. The maximum Gasteiger partial charge on any atom is 0.335 e. The van der Waals surface area contributed by atoms with E-state index in [1.807, 2.05) is 12.1 Å².